The van der Waals surface area contributed by atoms with Crippen LogP contribution in [-0.2, 0) is 4.79 Å². The van der Waals surface area contributed by atoms with E-state index in [1.165, 1.54) is 0 Å². The monoisotopic (exact) mass is 260 g/mol. The molecule has 1 aliphatic heterocycles. The second kappa shape index (κ2) is 5.73. The molecule has 1 amide bonds. The van der Waals surface area contributed by atoms with Crippen LogP contribution in [0.1, 0.15) is 19.8 Å². The number of nitrogens with two attached hydrogens (primary N) is 1. The van der Waals surface area contributed by atoms with E-state index in [9.17, 15) is 4.79 Å². The molecule has 1 fully saturated rings. The van der Waals surface area contributed by atoms with Crippen molar-refractivity contribution in [2.75, 3.05) is 18.0 Å². The Balaban J connectivity index is 2.26. The highest BCUT2D eigenvalue weighted by Gasteiger charge is 2.24. The third-order valence-electron chi connectivity index (χ3n) is 3.58. The van der Waals surface area contributed by atoms with Gasteiger partial charge in [-0.3, -0.25) is 9.89 Å². The molecule has 0 unspecified atom stereocenters. The van der Waals surface area contributed by atoms with E-state index in [4.69, 9.17) is 5.73 Å². The minimum absolute atomic E-state index is 0.000709. The van der Waals surface area contributed by atoms with Gasteiger partial charge in [-0.25, -0.2) is 0 Å². The number of nitrogens with zero attached hydrogens (tertiary/aromatic N) is 2. The van der Waals surface area contributed by atoms with Crippen LogP contribution in [0.25, 0.3) is 12.2 Å². The van der Waals surface area contributed by atoms with Gasteiger partial charge in [0, 0.05) is 24.2 Å². The average Bonchev–Trinajstić information content (AvgIpc) is 2.82. The molecule has 19 heavy (non-hydrogen) atoms. The molecular weight excluding hydrogens is 240 g/mol. The van der Waals surface area contributed by atoms with Crippen LogP contribution in [0.15, 0.2) is 12.7 Å². The van der Waals surface area contributed by atoms with Gasteiger partial charge >= 0.3 is 0 Å². The maximum Gasteiger partial charge on any atom is 0.220 e. The topological polar surface area (TPSA) is 75.0 Å². The molecule has 1 aliphatic rings. The molecule has 3 N–H and O–H groups in total. The second-order valence-corrected chi connectivity index (χ2v) is 4.73. The number of carbonyl (C=O) groups is 1. The Morgan fingerprint density at radius 2 is 2.21 bits per heavy atom. The first-order valence-electron chi connectivity index (χ1n) is 6.55. The van der Waals surface area contributed by atoms with Gasteiger partial charge in [0.1, 0.15) is 0 Å². The zero-order valence-electron chi connectivity index (χ0n) is 11.2. The van der Waals surface area contributed by atoms with Gasteiger partial charge in [0.2, 0.25) is 5.91 Å². The van der Waals surface area contributed by atoms with Crippen LogP contribution in [-0.4, -0.2) is 29.2 Å². The fourth-order valence-corrected chi connectivity index (χ4v) is 2.47. The Hall–Kier alpha value is -2.04. The lowest BCUT2D eigenvalue weighted by atomic mass is 9.96. The van der Waals surface area contributed by atoms with Gasteiger partial charge in [0.15, 0.2) is 5.82 Å². The number of aromatic nitrogens is 2. The molecule has 5 heteroatoms. The number of allylic oxidation sites excluding steroid dienone is 1. The number of anilines is 1. The smallest absolute Gasteiger partial charge is 0.220 e. The molecular formula is C14H20N4O. The highest BCUT2D eigenvalue weighted by molar-refractivity contribution is 5.77. The Labute approximate surface area is 112 Å². The maximum atomic E-state index is 11.2. The number of H-pyrrole nitrogens is 1. The minimum Gasteiger partial charge on any atom is -0.369 e. The van der Waals surface area contributed by atoms with E-state index < -0.39 is 0 Å². The Morgan fingerprint density at radius 1 is 1.53 bits per heavy atom. The SMILES string of the molecule is C=C/C=c1/c(N2CCC(C(N)=O)CC2)n[nH]/c1=C/C. The van der Waals surface area contributed by atoms with Crippen molar-refractivity contribution < 1.29 is 4.79 Å². The molecule has 0 radical (unpaired) electrons. The number of nitrogens with one attached hydrogen (secondary N) is 1. The lowest BCUT2D eigenvalue weighted by molar-refractivity contribution is -0.122. The molecule has 0 aromatic carbocycles. The van der Waals surface area contributed by atoms with Crippen LogP contribution in [0.2, 0.25) is 0 Å². The van der Waals surface area contributed by atoms with Gasteiger partial charge < -0.3 is 10.6 Å². The molecule has 2 heterocycles. The number of hydrogen-bond donors (Lipinski definition) is 2. The van der Waals surface area contributed by atoms with Crippen molar-refractivity contribution >= 4 is 23.9 Å². The van der Waals surface area contributed by atoms with Gasteiger partial charge in [-0.15, -0.1) is 0 Å². The first-order chi connectivity index (χ1) is 9.17. The van der Waals surface area contributed by atoms with E-state index in [0.717, 1.165) is 42.3 Å². The van der Waals surface area contributed by atoms with Gasteiger partial charge in [0.25, 0.3) is 0 Å². The normalized spacial score (nSPS) is 18.9. The zero-order valence-corrected chi connectivity index (χ0v) is 11.2. The molecule has 102 valence electrons. The third kappa shape index (κ3) is 2.70. The average molecular weight is 260 g/mol. The molecule has 1 aromatic heterocycles. The molecule has 2 rings (SSSR count). The number of carbonyl (C=O) groups excluding carboxylic acids is 1. The summed E-state index contributed by atoms with van der Waals surface area (Å²) >= 11 is 0. The second-order valence-electron chi connectivity index (χ2n) is 4.73. The Morgan fingerprint density at radius 3 is 2.74 bits per heavy atom. The van der Waals surface area contributed by atoms with Crippen molar-refractivity contribution in [1.82, 2.24) is 10.2 Å². The van der Waals surface area contributed by atoms with Crippen LogP contribution in [0.4, 0.5) is 5.82 Å². The van der Waals surface area contributed by atoms with Crippen LogP contribution >= 0.6 is 0 Å². The van der Waals surface area contributed by atoms with Crippen LogP contribution in [0.5, 0.6) is 0 Å². The van der Waals surface area contributed by atoms with Gasteiger partial charge in [-0.2, -0.15) is 5.10 Å². The molecule has 0 saturated carbocycles. The summed E-state index contributed by atoms with van der Waals surface area (Å²) in [5, 5.41) is 9.44. The number of rotatable bonds is 3. The summed E-state index contributed by atoms with van der Waals surface area (Å²) in [4.78, 5) is 13.4. The molecule has 5 nitrogen and oxygen atoms in total. The van der Waals surface area contributed by atoms with Crippen molar-refractivity contribution in [2.24, 2.45) is 11.7 Å². The van der Waals surface area contributed by atoms with Crippen molar-refractivity contribution in [2.45, 2.75) is 19.8 Å². The van der Waals surface area contributed by atoms with E-state index in [0.29, 0.717) is 0 Å². The predicted molar refractivity (Wildman–Crippen MR) is 76.8 cm³/mol. The lowest BCUT2D eigenvalue weighted by Gasteiger charge is -2.30. The van der Waals surface area contributed by atoms with Crippen LogP contribution in [0, 0.1) is 5.92 Å². The van der Waals surface area contributed by atoms with Gasteiger partial charge in [-0.1, -0.05) is 18.7 Å². The molecule has 0 aliphatic carbocycles. The molecule has 1 saturated heterocycles. The van der Waals surface area contributed by atoms with Crippen molar-refractivity contribution in [1.29, 1.82) is 0 Å². The van der Waals surface area contributed by atoms with Crippen LogP contribution < -0.4 is 21.2 Å². The highest BCUT2D eigenvalue weighted by Crippen LogP contribution is 2.18. The first kappa shape index (κ1) is 13.4. The fourth-order valence-electron chi connectivity index (χ4n) is 2.47. The molecule has 0 atom stereocenters. The van der Waals surface area contributed by atoms with Crippen LogP contribution in [0.3, 0.4) is 0 Å². The summed E-state index contributed by atoms with van der Waals surface area (Å²) < 4.78 is 0. The van der Waals surface area contributed by atoms with Gasteiger partial charge in [0.05, 0.1) is 5.35 Å². The fraction of sp³-hybridized carbons (Fsp3) is 0.429. The number of primary amides is 1. The summed E-state index contributed by atoms with van der Waals surface area (Å²) in [6.07, 6.45) is 7.29. The molecule has 0 spiro atoms. The summed E-state index contributed by atoms with van der Waals surface area (Å²) in [6, 6.07) is 0. The number of amides is 1. The van der Waals surface area contributed by atoms with E-state index in [1.54, 1.807) is 6.08 Å². The largest absolute Gasteiger partial charge is 0.369 e. The first-order valence-corrected chi connectivity index (χ1v) is 6.55. The zero-order chi connectivity index (χ0) is 13.8. The molecule has 1 aromatic rings. The minimum atomic E-state index is -0.192. The lowest BCUT2D eigenvalue weighted by Crippen LogP contribution is -2.41. The van der Waals surface area contributed by atoms with Crippen molar-refractivity contribution in [3.8, 4) is 0 Å². The van der Waals surface area contributed by atoms with Crippen molar-refractivity contribution in [3.05, 3.63) is 23.2 Å². The van der Waals surface area contributed by atoms with E-state index in [1.807, 2.05) is 19.1 Å². The summed E-state index contributed by atoms with van der Waals surface area (Å²) in [7, 11) is 0. The third-order valence-corrected chi connectivity index (χ3v) is 3.58. The van der Waals surface area contributed by atoms with E-state index in [2.05, 4.69) is 21.7 Å². The summed E-state index contributed by atoms with van der Waals surface area (Å²) in [5.41, 5.74) is 5.35. The van der Waals surface area contributed by atoms with E-state index >= 15 is 0 Å². The number of aromatic amines is 1. The molecule has 0 bridgehead atoms. The summed E-state index contributed by atoms with van der Waals surface area (Å²) in [6.45, 7) is 7.32. The predicted octanol–water partition coefficient (Wildman–Crippen LogP) is -0.122. The standard InChI is InChI=1S/C14H20N4O/c1-3-5-11-12(4-2)16-17-14(11)18-8-6-10(7-9-18)13(15)19/h3-5,10,16H,1,6-9H2,2H3,(H2,15,19)/b11-5+,12-4+. The number of hydrogen-bond acceptors (Lipinski definition) is 3. The Bertz CT molecular complexity index is 579. The van der Waals surface area contributed by atoms with Crippen molar-refractivity contribution in [3.63, 3.8) is 0 Å². The summed E-state index contributed by atoms with van der Waals surface area (Å²) in [5.74, 6) is 0.734. The maximum absolute atomic E-state index is 11.2. The Kier molecular flexibility index (Phi) is 4.04. The van der Waals surface area contributed by atoms with Gasteiger partial charge in [-0.05, 0) is 25.8 Å². The number of piperidine rings is 1. The highest BCUT2D eigenvalue weighted by atomic mass is 16.1. The quantitative estimate of drug-likeness (QED) is 0.795. The van der Waals surface area contributed by atoms with E-state index in [-0.39, 0.29) is 11.8 Å².